The molecule has 0 amide bonds. The maximum atomic E-state index is 6.14. The van der Waals surface area contributed by atoms with Gasteiger partial charge in [-0.05, 0) is 56.8 Å². The van der Waals surface area contributed by atoms with Crippen LogP contribution in [-0.2, 0) is 22.3 Å². The van der Waals surface area contributed by atoms with Gasteiger partial charge in [-0.2, -0.15) is 0 Å². The molecule has 0 atom stereocenters. The maximum Gasteiger partial charge on any atom is 0.494 e. The first-order chi connectivity index (χ1) is 11.8. The van der Waals surface area contributed by atoms with E-state index in [2.05, 4.69) is 52.8 Å². The molecule has 3 nitrogen and oxygen atoms in total. The Labute approximate surface area is 151 Å². The van der Waals surface area contributed by atoms with Crippen molar-refractivity contribution in [1.29, 1.82) is 0 Å². The van der Waals surface area contributed by atoms with Crippen molar-refractivity contribution in [2.75, 3.05) is 0 Å². The zero-order valence-electron chi connectivity index (χ0n) is 15.8. The Morgan fingerprint density at radius 2 is 1.60 bits per heavy atom. The van der Waals surface area contributed by atoms with Crippen molar-refractivity contribution in [2.45, 2.75) is 58.8 Å². The Bertz CT molecular complexity index is 723. The summed E-state index contributed by atoms with van der Waals surface area (Å²) in [5.74, 6) is 0.950. The molecule has 132 valence electrons. The van der Waals surface area contributed by atoms with Crippen molar-refractivity contribution < 1.29 is 14.0 Å². The second-order valence-electron chi connectivity index (χ2n) is 7.58. The zero-order valence-corrected chi connectivity index (χ0v) is 15.8. The van der Waals surface area contributed by atoms with Crippen molar-refractivity contribution in [3.05, 3.63) is 59.7 Å². The molecule has 4 heteroatoms. The highest BCUT2D eigenvalue weighted by atomic mass is 16.7. The lowest BCUT2D eigenvalue weighted by Gasteiger charge is -2.32. The fourth-order valence-electron chi connectivity index (χ4n) is 2.91. The van der Waals surface area contributed by atoms with Gasteiger partial charge in [0.05, 0.1) is 11.2 Å². The van der Waals surface area contributed by atoms with Crippen LogP contribution in [0, 0.1) is 0 Å². The molecule has 2 aromatic carbocycles. The summed E-state index contributed by atoms with van der Waals surface area (Å²) in [5, 5.41) is 0. The summed E-state index contributed by atoms with van der Waals surface area (Å²) >= 11 is 0. The fourth-order valence-corrected chi connectivity index (χ4v) is 2.91. The molecule has 0 bridgehead atoms. The van der Waals surface area contributed by atoms with Gasteiger partial charge in [-0.1, -0.05) is 49.4 Å². The van der Waals surface area contributed by atoms with Gasteiger partial charge >= 0.3 is 7.12 Å². The van der Waals surface area contributed by atoms with Gasteiger partial charge in [0.25, 0.3) is 0 Å². The summed E-state index contributed by atoms with van der Waals surface area (Å²) in [7, 11) is -0.340. The average molecular weight is 338 g/mol. The first-order valence-corrected chi connectivity index (χ1v) is 8.97. The molecule has 0 unspecified atom stereocenters. The molecule has 1 aliphatic heterocycles. The second kappa shape index (κ2) is 6.85. The molecule has 1 saturated heterocycles. The van der Waals surface area contributed by atoms with E-state index in [1.807, 2.05) is 30.3 Å². The predicted octanol–water partition coefficient (Wildman–Crippen LogP) is 4.13. The van der Waals surface area contributed by atoms with Crippen LogP contribution in [0.3, 0.4) is 0 Å². The van der Waals surface area contributed by atoms with Gasteiger partial charge in [-0.15, -0.1) is 0 Å². The second-order valence-corrected chi connectivity index (χ2v) is 7.58. The standard InChI is InChI=1S/C21H27BO3/c1-6-17-11-7-8-13-19(17)23-15-16-10-9-12-18(14-16)22-24-20(2,3)21(4,5)25-22/h7-14H,6,15H2,1-5H3. The molecular weight excluding hydrogens is 311 g/mol. The van der Waals surface area contributed by atoms with Gasteiger partial charge in [-0.3, -0.25) is 0 Å². The quantitative estimate of drug-likeness (QED) is 0.768. The number of hydrogen-bond donors (Lipinski definition) is 0. The van der Waals surface area contributed by atoms with Gasteiger partial charge in [-0.25, -0.2) is 0 Å². The molecule has 0 radical (unpaired) electrons. The van der Waals surface area contributed by atoms with Gasteiger partial charge in [0, 0.05) is 0 Å². The number of para-hydroxylation sites is 1. The van der Waals surface area contributed by atoms with Crippen LogP contribution in [0.2, 0.25) is 0 Å². The SMILES string of the molecule is CCc1ccccc1OCc1cccc(B2OC(C)(C)C(C)(C)O2)c1. The van der Waals surface area contributed by atoms with Crippen LogP contribution in [0.4, 0.5) is 0 Å². The van der Waals surface area contributed by atoms with Crippen LogP contribution in [-0.4, -0.2) is 18.3 Å². The van der Waals surface area contributed by atoms with Gasteiger partial charge in [0.2, 0.25) is 0 Å². The third-order valence-corrected chi connectivity index (χ3v) is 5.22. The molecular formula is C21H27BO3. The molecule has 0 aromatic heterocycles. The number of benzene rings is 2. The maximum absolute atomic E-state index is 6.14. The molecule has 0 N–H and O–H groups in total. The molecule has 0 saturated carbocycles. The number of ether oxygens (including phenoxy) is 1. The van der Waals surface area contributed by atoms with Crippen LogP contribution in [0.5, 0.6) is 5.75 Å². The van der Waals surface area contributed by atoms with Crippen LogP contribution in [0.1, 0.15) is 45.7 Å². The van der Waals surface area contributed by atoms with Crippen LogP contribution < -0.4 is 10.2 Å². The molecule has 2 aromatic rings. The van der Waals surface area contributed by atoms with E-state index in [0.29, 0.717) is 6.61 Å². The smallest absolute Gasteiger partial charge is 0.489 e. The van der Waals surface area contributed by atoms with Gasteiger partial charge < -0.3 is 14.0 Å². The largest absolute Gasteiger partial charge is 0.494 e. The predicted molar refractivity (Wildman–Crippen MR) is 102 cm³/mol. The molecule has 0 spiro atoms. The van der Waals surface area contributed by atoms with Gasteiger partial charge in [0.15, 0.2) is 0 Å². The summed E-state index contributed by atoms with van der Waals surface area (Å²) in [6.07, 6.45) is 0.962. The number of aryl methyl sites for hydroxylation is 1. The molecule has 0 aliphatic carbocycles. The monoisotopic (exact) mass is 338 g/mol. The topological polar surface area (TPSA) is 27.7 Å². The lowest BCUT2D eigenvalue weighted by Crippen LogP contribution is -2.41. The number of hydrogen-bond acceptors (Lipinski definition) is 3. The highest BCUT2D eigenvalue weighted by molar-refractivity contribution is 6.62. The first kappa shape index (κ1) is 18.0. The minimum absolute atomic E-state index is 0.329. The third-order valence-electron chi connectivity index (χ3n) is 5.22. The number of rotatable bonds is 5. The molecule has 1 aliphatic rings. The lowest BCUT2D eigenvalue weighted by molar-refractivity contribution is 0.00578. The summed E-state index contributed by atoms with van der Waals surface area (Å²) in [6, 6.07) is 16.4. The van der Waals surface area contributed by atoms with E-state index in [4.69, 9.17) is 14.0 Å². The summed E-state index contributed by atoms with van der Waals surface area (Å²) in [5.41, 5.74) is 2.71. The Morgan fingerprint density at radius 1 is 0.920 bits per heavy atom. The normalized spacial score (nSPS) is 18.4. The van der Waals surface area contributed by atoms with E-state index in [1.165, 1.54) is 5.56 Å². The van der Waals surface area contributed by atoms with E-state index in [0.717, 1.165) is 23.2 Å². The Kier molecular flexibility index (Phi) is 4.94. The van der Waals surface area contributed by atoms with Crippen LogP contribution in [0.25, 0.3) is 0 Å². The minimum atomic E-state index is -0.340. The third kappa shape index (κ3) is 3.75. The van der Waals surface area contributed by atoms with Crippen molar-refractivity contribution in [1.82, 2.24) is 0 Å². The van der Waals surface area contributed by atoms with E-state index in [9.17, 15) is 0 Å². The Hall–Kier alpha value is -1.78. The van der Waals surface area contributed by atoms with Crippen molar-refractivity contribution in [2.24, 2.45) is 0 Å². The molecule has 1 fully saturated rings. The van der Waals surface area contributed by atoms with Crippen LogP contribution in [0.15, 0.2) is 48.5 Å². The zero-order chi connectivity index (χ0) is 18.1. The van der Waals surface area contributed by atoms with E-state index >= 15 is 0 Å². The molecule has 3 rings (SSSR count). The van der Waals surface area contributed by atoms with Crippen LogP contribution >= 0.6 is 0 Å². The van der Waals surface area contributed by atoms with Gasteiger partial charge in [0.1, 0.15) is 12.4 Å². The van der Waals surface area contributed by atoms with Crippen molar-refractivity contribution in [3.63, 3.8) is 0 Å². The lowest BCUT2D eigenvalue weighted by atomic mass is 9.78. The first-order valence-electron chi connectivity index (χ1n) is 8.97. The Balaban J connectivity index is 1.72. The molecule has 1 heterocycles. The minimum Gasteiger partial charge on any atom is -0.489 e. The van der Waals surface area contributed by atoms with Crippen molar-refractivity contribution >= 4 is 12.6 Å². The Morgan fingerprint density at radius 3 is 2.28 bits per heavy atom. The van der Waals surface area contributed by atoms with Crippen molar-refractivity contribution in [3.8, 4) is 5.75 Å². The summed E-state index contributed by atoms with van der Waals surface area (Å²) < 4.78 is 18.3. The average Bonchev–Trinajstić information content (AvgIpc) is 2.81. The van der Waals surface area contributed by atoms with E-state index in [-0.39, 0.29) is 18.3 Å². The highest BCUT2D eigenvalue weighted by Crippen LogP contribution is 2.36. The fraction of sp³-hybridized carbons (Fsp3) is 0.429. The summed E-state index contributed by atoms with van der Waals surface area (Å²) in [4.78, 5) is 0. The summed E-state index contributed by atoms with van der Waals surface area (Å²) in [6.45, 7) is 11.0. The molecule has 25 heavy (non-hydrogen) atoms. The van der Waals surface area contributed by atoms with E-state index in [1.54, 1.807) is 0 Å². The highest BCUT2D eigenvalue weighted by Gasteiger charge is 2.51. The van der Waals surface area contributed by atoms with E-state index < -0.39 is 0 Å².